The molecule has 0 bridgehead atoms. The van der Waals surface area contributed by atoms with Gasteiger partial charge in [-0.05, 0) is 76.6 Å². The first-order chi connectivity index (χ1) is 20.7. The van der Waals surface area contributed by atoms with Crippen LogP contribution in [-0.4, -0.2) is 99.1 Å². The van der Waals surface area contributed by atoms with Crippen LogP contribution in [0.1, 0.15) is 73.9 Å². The van der Waals surface area contributed by atoms with Gasteiger partial charge >= 0.3 is 0 Å². The molecule has 2 fully saturated rings. The van der Waals surface area contributed by atoms with Crippen LogP contribution in [-0.2, 0) is 16.0 Å². The van der Waals surface area contributed by atoms with Crippen molar-refractivity contribution in [2.45, 2.75) is 89.9 Å². The molecule has 0 N–H and O–H groups in total. The van der Waals surface area contributed by atoms with E-state index in [4.69, 9.17) is 14.2 Å². The zero-order valence-electron chi connectivity index (χ0n) is 27.0. The lowest BCUT2D eigenvalue weighted by Crippen LogP contribution is -2.55. The van der Waals surface area contributed by atoms with Crippen molar-refractivity contribution >= 4 is 19.8 Å². The summed E-state index contributed by atoms with van der Waals surface area (Å²) in [6, 6.07) is 14.7. The zero-order valence-corrected chi connectivity index (χ0v) is 27.0. The molecule has 0 radical (unpaired) electrons. The number of carbonyl (C=O) groups is 2. The SMILES string of the molecule is BN1C[C@H](N(C(=O)c2ccc(OC)c(OCCCOC)c2)C(C)C)CC[C@@H]1CCN(C(=O)Cc1cccc(C)c1)C1CC1. The molecule has 1 saturated heterocycles. The number of methoxy groups -OCH3 is 2. The zero-order chi connectivity index (χ0) is 30.9. The minimum Gasteiger partial charge on any atom is -0.493 e. The van der Waals surface area contributed by atoms with Crippen molar-refractivity contribution in [3.8, 4) is 11.5 Å². The summed E-state index contributed by atoms with van der Waals surface area (Å²) in [5.41, 5.74) is 2.89. The van der Waals surface area contributed by atoms with Crippen LogP contribution in [0.5, 0.6) is 11.5 Å². The Labute approximate surface area is 259 Å². The van der Waals surface area contributed by atoms with Crippen molar-refractivity contribution < 1.29 is 23.8 Å². The highest BCUT2D eigenvalue weighted by molar-refractivity contribution is 6.04. The van der Waals surface area contributed by atoms with Crippen molar-refractivity contribution in [2.24, 2.45) is 0 Å². The summed E-state index contributed by atoms with van der Waals surface area (Å²) >= 11 is 0. The molecule has 0 spiro atoms. The van der Waals surface area contributed by atoms with E-state index in [0.29, 0.717) is 48.8 Å². The van der Waals surface area contributed by atoms with Gasteiger partial charge < -0.3 is 28.8 Å². The maximum absolute atomic E-state index is 13.9. The Hall–Kier alpha value is -3.04. The van der Waals surface area contributed by atoms with Gasteiger partial charge in [-0.3, -0.25) is 9.59 Å². The van der Waals surface area contributed by atoms with E-state index < -0.39 is 0 Å². The number of aryl methyl sites for hydroxylation is 1. The largest absolute Gasteiger partial charge is 0.493 e. The van der Waals surface area contributed by atoms with Gasteiger partial charge in [0.2, 0.25) is 5.91 Å². The minimum absolute atomic E-state index is 0.0119. The number of piperidine rings is 1. The summed E-state index contributed by atoms with van der Waals surface area (Å²) < 4.78 is 16.6. The van der Waals surface area contributed by atoms with Gasteiger partial charge in [-0.15, -0.1) is 0 Å². The molecule has 0 aromatic heterocycles. The van der Waals surface area contributed by atoms with E-state index in [-0.39, 0.29) is 23.9 Å². The molecule has 2 aromatic carbocycles. The number of ether oxygens (including phenoxy) is 3. The third-order valence-electron chi connectivity index (χ3n) is 8.75. The van der Waals surface area contributed by atoms with Gasteiger partial charge in [0.1, 0.15) is 0 Å². The monoisotopic (exact) mass is 591 g/mol. The number of hydrogen-bond acceptors (Lipinski definition) is 6. The van der Waals surface area contributed by atoms with Crippen LogP contribution in [0.2, 0.25) is 0 Å². The van der Waals surface area contributed by atoms with Crippen LogP contribution in [0.3, 0.4) is 0 Å². The van der Waals surface area contributed by atoms with Crippen molar-refractivity contribution in [3.05, 3.63) is 59.2 Å². The Balaban J connectivity index is 1.36. The number of benzene rings is 2. The van der Waals surface area contributed by atoms with E-state index in [1.807, 2.05) is 23.1 Å². The van der Waals surface area contributed by atoms with E-state index in [2.05, 4.69) is 56.7 Å². The summed E-state index contributed by atoms with van der Waals surface area (Å²) in [5, 5.41) is 0. The lowest BCUT2D eigenvalue weighted by atomic mass is 9.91. The van der Waals surface area contributed by atoms with Crippen LogP contribution in [0.15, 0.2) is 42.5 Å². The van der Waals surface area contributed by atoms with E-state index in [9.17, 15) is 9.59 Å². The molecule has 1 heterocycles. The summed E-state index contributed by atoms with van der Waals surface area (Å²) in [4.78, 5) is 33.7. The molecular weight excluding hydrogens is 541 g/mol. The van der Waals surface area contributed by atoms with Gasteiger partial charge in [0.05, 0.1) is 20.1 Å². The van der Waals surface area contributed by atoms with Crippen molar-refractivity contribution in [1.82, 2.24) is 14.6 Å². The fraction of sp³-hybridized carbons (Fsp3) is 0.588. The normalized spacial score (nSPS) is 18.8. The molecule has 1 saturated carbocycles. The van der Waals surface area contributed by atoms with Crippen LogP contribution in [0.25, 0.3) is 0 Å². The molecule has 2 aromatic rings. The maximum atomic E-state index is 13.9. The average molecular weight is 592 g/mol. The number of amides is 2. The highest BCUT2D eigenvalue weighted by atomic mass is 16.5. The van der Waals surface area contributed by atoms with Gasteiger partial charge in [0, 0.05) is 63.0 Å². The third kappa shape index (κ3) is 8.99. The molecular formula is C34H50BN3O5. The Morgan fingerprint density at radius 2 is 1.77 bits per heavy atom. The second-order valence-corrected chi connectivity index (χ2v) is 12.5. The lowest BCUT2D eigenvalue weighted by molar-refractivity contribution is -0.131. The number of carbonyl (C=O) groups excluding carboxylic acids is 2. The maximum Gasteiger partial charge on any atom is 0.254 e. The standard InChI is InChI=1S/C34H50BN3O5/c1-24(2)38(34(40)27-10-15-31(42-5)32(22-27)43-19-7-18-41-4)30-14-13-29(37(35)23-30)16-17-36(28-11-12-28)33(39)21-26-9-6-8-25(3)20-26/h6,8-10,15,20,22,24,28-30H,7,11-14,16-19,21,23,35H2,1-5H3/t29-,30-/m1/s1. The first kappa shape index (κ1) is 32.9. The Morgan fingerprint density at radius 3 is 2.42 bits per heavy atom. The fourth-order valence-corrected chi connectivity index (χ4v) is 6.33. The van der Waals surface area contributed by atoms with Crippen molar-refractivity contribution in [2.75, 3.05) is 40.5 Å². The smallest absolute Gasteiger partial charge is 0.254 e. The van der Waals surface area contributed by atoms with Crippen LogP contribution >= 0.6 is 0 Å². The van der Waals surface area contributed by atoms with Crippen molar-refractivity contribution in [1.29, 1.82) is 0 Å². The summed E-state index contributed by atoms with van der Waals surface area (Å²) in [6.07, 6.45) is 6.34. The van der Waals surface area contributed by atoms with Crippen molar-refractivity contribution in [3.63, 3.8) is 0 Å². The number of nitrogens with zero attached hydrogens (tertiary/aromatic N) is 3. The van der Waals surface area contributed by atoms with Gasteiger partial charge in [-0.1, -0.05) is 29.8 Å². The molecule has 8 nitrogen and oxygen atoms in total. The van der Waals surface area contributed by atoms with Crippen LogP contribution in [0, 0.1) is 6.92 Å². The summed E-state index contributed by atoms with van der Waals surface area (Å²) in [6.45, 7) is 8.95. The molecule has 4 rings (SSSR count). The Morgan fingerprint density at radius 1 is 1.00 bits per heavy atom. The molecule has 0 unspecified atom stereocenters. The number of hydrogen-bond donors (Lipinski definition) is 0. The Kier molecular flexibility index (Phi) is 11.9. The second kappa shape index (κ2) is 15.6. The first-order valence-corrected chi connectivity index (χ1v) is 15.9. The molecule has 2 aliphatic rings. The second-order valence-electron chi connectivity index (χ2n) is 12.5. The van der Waals surface area contributed by atoms with E-state index in [1.54, 1.807) is 20.3 Å². The highest BCUT2D eigenvalue weighted by Crippen LogP contribution is 2.32. The average Bonchev–Trinajstić information content (AvgIpc) is 3.81. The first-order valence-electron chi connectivity index (χ1n) is 15.9. The minimum atomic E-state index is 0.0119. The summed E-state index contributed by atoms with van der Waals surface area (Å²) in [5.74, 6) is 1.44. The van der Waals surface area contributed by atoms with E-state index in [0.717, 1.165) is 57.2 Å². The molecule has 43 heavy (non-hydrogen) atoms. The Bertz CT molecular complexity index is 1220. The molecule has 1 aliphatic carbocycles. The molecule has 9 heteroatoms. The lowest BCUT2D eigenvalue weighted by Gasteiger charge is -2.44. The van der Waals surface area contributed by atoms with Crippen LogP contribution < -0.4 is 9.47 Å². The van der Waals surface area contributed by atoms with Gasteiger partial charge in [-0.2, -0.15) is 0 Å². The fourth-order valence-electron chi connectivity index (χ4n) is 6.33. The molecule has 234 valence electrons. The molecule has 1 aliphatic heterocycles. The quantitative estimate of drug-likeness (QED) is 0.228. The highest BCUT2D eigenvalue weighted by Gasteiger charge is 2.36. The topological polar surface area (TPSA) is 71.6 Å². The molecule has 2 amide bonds. The van der Waals surface area contributed by atoms with Gasteiger partial charge in [0.15, 0.2) is 19.5 Å². The third-order valence-corrected chi connectivity index (χ3v) is 8.75. The van der Waals surface area contributed by atoms with Gasteiger partial charge in [0.25, 0.3) is 5.91 Å². The van der Waals surface area contributed by atoms with Crippen LogP contribution in [0.4, 0.5) is 0 Å². The van der Waals surface area contributed by atoms with Gasteiger partial charge in [-0.25, -0.2) is 0 Å². The predicted octanol–water partition coefficient (Wildman–Crippen LogP) is 4.27. The molecule has 2 atom stereocenters. The predicted molar refractivity (Wildman–Crippen MR) is 173 cm³/mol. The van der Waals surface area contributed by atoms with E-state index >= 15 is 0 Å². The number of rotatable bonds is 15. The van der Waals surface area contributed by atoms with E-state index in [1.165, 1.54) is 5.56 Å². The summed E-state index contributed by atoms with van der Waals surface area (Å²) in [7, 11) is 5.44.